The van der Waals surface area contributed by atoms with Crippen molar-refractivity contribution in [3.63, 3.8) is 0 Å². The summed E-state index contributed by atoms with van der Waals surface area (Å²) < 4.78 is 2.58. The molecular formula is C22H18I2N2. The van der Waals surface area contributed by atoms with E-state index >= 15 is 0 Å². The van der Waals surface area contributed by atoms with E-state index in [1.54, 1.807) is 0 Å². The molecule has 0 amide bonds. The summed E-state index contributed by atoms with van der Waals surface area (Å²) in [5, 5.41) is 0. The van der Waals surface area contributed by atoms with Crippen LogP contribution in [-0.4, -0.2) is 0 Å². The molecular weight excluding hydrogens is 546 g/mol. The van der Waals surface area contributed by atoms with Gasteiger partial charge in [0.1, 0.15) is 0 Å². The Morgan fingerprint density at radius 2 is 0.808 bits per heavy atom. The third-order valence-corrected chi connectivity index (χ3v) is 6.79. The number of nitrogens with zero attached hydrogens (tertiary/aromatic N) is 2. The molecule has 5 rings (SSSR count). The zero-order valence-electron chi connectivity index (χ0n) is 14.3. The van der Waals surface area contributed by atoms with Crippen molar-refractivity contribution in [1.82, 2.24) is 0 Å². The summed E-state index contributed by atoms with van der Waals surface area (Å²) >= 11 is 4.73. The van der Waals surface area contributed by atoms with Crippen molar-refractivity contribution in [2.45, 2.75) is 26.2 Å². The van der Waals surface area contributed by atoms with E-state index in [0.717, 1.165) is 26.2 Å². The minimum atomic E-state index is 1.02. The Morgan fingerprint density at radius 3 is 1.12 bits per heavy atom. The van der Waals surface area contributed by atoms with Gasteiger partial charge in [0, 0.05) is 44.7 Å². The Labute approximate surface area is 181 Å². The maximum Gasteiger partial charge on any atom is 0.0436 e. The van der Waals surface area contributed by atoms with Gasteiger partial charge in [-0.25, -0.2) is 0 Å². The summed E-state index contributed by atoms with van der Waals surface area (Å²) in [5.41, 5.74) is 8.61. The van der Waals surface area contributed by atoms with Gasteiger partial charge in [-0.15, -0.1) is 0 Å². The van der Waals surface area contributed by atoms with Crippen LogP contribution in [0.3, 0.4) is 0 Å². The molecule has 0 aliphatic carbocycles. The lowest BCUT2D eigenvalue weighted by Gasteiger charge is -2.18. The maximum atomic E-state index is 2.48. The summed E-state index contributed by atoms with van der Waals surface area (Å²) in [6.45, 7) is 4.08. The number of halogens is 2. The summed E-state index contributed by atoms with van der Waals surface area (Å²) in [7, 11) is 0. The SMILES string of the molecule is Ic1ccc(N2Cc3cc4c(cc3C2)CN(c2ccc(I)cc2)C4)cc1. The fourth-order valence-corrected chi connectivity index (χ4v) is 4.70. The molecule has 3 aromatic rings. The monoisotopic (exact) mass is 564 g/mol. The highest BCUT2D eigenvalue weighted by molar-refractivity contribution is 14.1. The molecule has 0 spiro atoms. The van der Waals surface area contributed by atoms with Crippen molar-refractivity contribution in [2.75, 3.05) is 9.80 Å². The minimum absolute atomic E-state index is 1.02. The Morgan fingerprint density at radius 1 is 0.500 bits per heavy atom. The normalized spacial score (nSPS) is 15.3. The van der Waals surface area contributed by atoms with Gasteiger partial charge in [0.05, 0.1) is 0 Å². The van der Waals surface area contributed by atoms with Gasteiger partial charge < -0.3 is 9.80 Å². The number of hydrogen-bond donors (Lipinski definition) is 0. The lowest BCUT2D eigenvalue weighted by atomic mass is 10.0. The molecule has 0 aromatic heterocycles. The van der Waals surface area contributed by atoms with Crippen LogP contribution in [0.5, 0.6) is 0 Å². The predicted molar refractivity (Wildman–Crippen MR) is 125 cm³/mol. The van der Waals surface area contributed by atoms with Gasteiger partial charge in [0.25, 0.3) is 0 Å². The van der Waals surface area contributed by atoms with Crippen molar-refractivity contribution in [3.8, 4) is 0 Å². The van der Waals surface area contributed by atoms with Gasteiger partial charge in [-0.3, -0.25) is 0 Å². The van der Waals surface area contributed by atoms with Crippen LogP contribution in [0.1, 0.15) is 22.3 Å². The van der Waals surface area contributed by atoms with Crippen molar-refractivity contribution < 1.29 is 0 Å². The second-order valence-electron chi connectivity index (χ2n) is 7.05. The molecule has 0 fully saturated rings. The molecule has 2 aliphatic rings. The van der Waals surface area contributed by atoms with E-state index in [1.807, 2.05) is 0 Å². The van der Waals surface area contributed by atoms with Crippen LogP contribution in [0.15, 0.2) is 60.7 Å². The molecule has 0 radical (unpaired) electrons. The Balaban J connectivity index is 1.37. The van der Waals surface area contributed by atoms with Crippen LogP contribution in [0.4, 0.5) is 11.4 Å². The Hall–Kier alpha value is -1.28. The lowest BCUT2D eigenvalue weighted by Crippen LogP contribution is -2.15. The van der Waals surface area contributed by atoms with Gasteiger partial charge in [-0.05, 0) is 116 Å². The molecule has 0 atom stereocenters. The first kappa shape index (κ1) is 16.9. The number of benzene rings is 3. The average Bonchev–Trinajstić information content (AvgIpc) is 3.23. The maximum absolute atomic E-state index is 2.48. The van der Waals surface area contributed by atoms with E-state index in [-0.39, 0.29) is 0 Å². The van der Waals surface area contributed by atoms with Crippen LogP contribution < -0.4 is 9.80 Å². The first-order chi connectivity index (χ1) is 12.7. The van der Waals surface area contributed by atoms with Gasteiger partial charge in [-0.1, -0.05) is 12.1 Å². The van der Waals surface area contributed by atoms with Crippen LogP contribution in [0, 0.1) is 7.14 Å². The van der Waals surface area contributed by atoms with E-state index < -0.39 is 0 Å². The summed E-state index contributed by atoms with van der Waals surface area (Å²) in [6, 6.07) is 22.6. The van der Waals surface area contributed by atoms with E-state index in [9.17, 15) is 0 Å². The topological polar surface area (TPSA) is 6.48 Å². The highest BCUT2D eigenvalue weighted by Crippen LogP contribution is 2.35. The highest BCUT2D eigenvalue weighted by Gasteiger charge is 2.25. The number of fused-ring (bicyclic) bond motifs is 2. The molecule has 0 bridgehead atoms. The van der Waals surface area contributed by atoms with E-state index in [4.69, 9.17) is 0 Å². The number of anilines is 2. The van der Waals surface area contributed by atoms with Gasteiger partial charge in [0.15, 0.2) is 0 Å². The fourth-order valence-electron chi connectivity index (χ4n) is 3.98. The smallest absolute Gasteiger partial charge is 0.0436 e. The predicted octanol–water partition coefficient (Wildman–Crippen LogP) is 5.94. The zero-order chi connectivity index (χ0) is 17.7. The lowest BCUT2D eigenvalue weighted by molar-refractivity contribution is 0.868. The fraction of sp³-hybridized carbons (Fsp3) is 0.182. The Bertz CT molecular complexity index is 853. The molecule has 3 aromatic carbocycles. The largest absolute Gasteiger partial charge is 0.363 e. The molecule has 0 saturated carbocycles. The Kier molecular flexibility index (Phi) is 4.35. The molecule has 2 aliphatic heterocycles. The molecule has 0 N–H and O–H groups in total. The summed E-state index contributed by atoms with van der Waals surface area (Å²) in [6.07, 6.45) is 0. The summed E-state index contributed by atoms with van der Waals surface area (Å²) in [4.78, 5) is 4.96. The van der Waals surface area contributed by atoms with Crippen LogP contribution in [-0.2, 0) is 26.2 Å². The highest BCUT2D eigenvalue weighted by atomic mass is 127. The van der Waals surface area contributed by atoms with Crippen molar-refractivity contribution in [3.05, 3.63) is 90.1 Å². The quantitative estimate of drug-likeness (QED) is 0.356. The van der Waals surface area contributed by atoms with Gasteiger partial charge in [-0.2, -0.15) is 0 Å². The van der Waals surface area contributed by atoms with Crippen LogP contribution >= 0.6 is 45.2 Å². The minimum Gasteiger partial charge on any atom is -0.363 e. The van der Waals surface area contributed by atoms with E-state index in [1.165, 1.54) is 40.8 Å². The second-order valence-corrected chi connectivity index (χ2v) is 9.55. The standard InChI is InChI=1S/C22H18I2N2/c23-19-1-5-21(6-2-19)25-11-15-9-17-13-26(14-18(17)10-16(15)12-25)22-7-3-20(24)4-8-22/h1-10H,11-14H2. The van der Waals surface area contributed by atoms with Crippen molar-refractivity contribution in [2.24, 2.45) is 0 Å². The third-order valence-electron chi connectivity index (χ3n) is 5.35. The van der Waals surface area contributed by atoms with Crippen molar-refractivity contribution >= 4 is 56.6 Å². The average molecular weight is 564 g/mol. The van der Waals surface area contributed by atoms with E-state index in [0.29, 0.717) is 0 Å². The van der Waals surface area contributed by atoms with Crippen LogP contribution in [0.25, 0.3) is 0 Å². The third kappa shape index (κ3) is 3.11. The number of rotatable bonds is 2. The molecule has 2 heterocycles. The number of hydrogen-bond acceptors (Lipinski definition) is 2. The molecule has 26 heavy (non-hydrogen) atoms. The molecule has 130 valence electrons. The summed E-state index contributed by atoms with van der Waals surface area (Å²) in [5.74, 6) is 0. The zero-order valence-corrected chi connectivity index (χ0v) is 18.6. The van der Waals surface area contributed by atoms with Gasteiger partial charge in [0.2, 0.25) is 0 Å². The van der Waals surface area contributed by atoms with Crippen LogP contribution in [0.2, 0.25) is 0 Å². The molecule has 0 saturated heterocycles. The first-order valence-corrected chi connectivity index (χ1v) is 11.0. The van der Waals surface area contributed by atoms with Gasteiger partial charge >= 0.3 is 0 Å². The van der Waals surface area contributed by atoms with Crippen molar-refractivity contribution in [1.29, 1.82) is 0 Å². The molecule has 0 unspecified atom stereocenters. The van der Waals surface area contributed by atoms with E-state index in [2.05, 4.69) is 116 Å². The molecule has 4 heteroatoms. The second kappa shape index (κ2) is 6.71. The first-order valence-electron chi connectivity index (χ1n) is 8.80. The molecule has 2 nitrogen and oxygen atoms in total.